The minimum absolute atomic E-state index is 0.159. The van der Waals surface area contributed by atoms with Crippen molar-refractivity contribution in [3.05, 3.63) is 70.9 Å². The van der Waals surface area contributed by atoms with E-state index in [4.69, 9.17) is 5.73 Å². The first-order chi connectivity index (χ1) is 13.9. The number of hydrogen-bond acceptors (Lipinski definition) is 3. The number of fused-ring (bicyclic) bond motifs is 2. The van der Waals surface area contributed by atoms with Crippen molar-refractivity contribution in [3.8, 4) is 0 Å². The second-order valence-electron chi connectivity index (χ2n) is 7.24. The number of rotatable bonds is 5. The lowest BCUT2D eigenvalue weighted by Gasteiger charge is -2.26. The third-order valence-corrected chi connectivity index (χ3v) is 5.55. The van der Waals surface area contributed by atoms with E-state index in [1.807, 2.05) is 56.4 Å². The summed E-state index contributed by atoms with van der Waals surface area (Å²) < 4.78 is 2.10. The number of nitrogens with two attached hydrogens (primary N) is 1. The minimum Gasteiger partial charge on any atom is -0.368 e. The Morgan fingerprint density at radius 1 is 1.10 bits per heavy atom. The van der Waals surface area contributed by atoms with Crippen molar-refractivity contribution in [1.29, 1.82) is 0 Å². The summed E-state index contributed by atoms with van der Waals surface area (Å²) in [6.45, 7) is 1.60. The van der Waals surface area contributed by atoms with Gasteiger partial charge in [0.1, 0.15) is 6.54 Å². The van der Waals surface area contributed by atoms with Crippen molar-refractivity contribution in [1.82, 2.24) is 14.8 Å². The minimum atomic E-state index is -0.629. The van der Waals surface area contributed by atoms with Gasteiger partial charge in [0.25, 0.3) is 5.91 Å². The molecule has 0 radical (unpaired) electrons. The van der Waals surface area contributed by atoms with Gasteiger partial charge in [-0.25, -0.2) is 0 Å². The van der Waals surface area contributed by atoms with E-state index in [9.17, 15) is 14.4 Å². The van der Waals surface area contributed by atoms with Crippen molar-refractivity contribution in [2.75, 3.05) is 13.1 Å². The highest BCUT2D eigenvalue weighted by atomic mass is 16.2. The number of carbonyl (C=O) groups is 3. The number of primary amides is 1. The molecule has 0 bridgehead atoms. The predicted octanol–water partition coefficient (Wildman–Crippen LogP) is 1.63. The number of carbonyl (C=O) groups excluding carboxylic acids is 3. The summed E-state index contributed by atoms with van der Waals surface area (Å²) in [5.41, 5.74) is 9.68. The normalized spacial score (nSPS) is 15.6. The maximum Gasteiger partial charge on any atom is 0.255 e. The Morgan fingerprint density at radius 2 is 1.79 bits per heavy atom. The predicted molar refractivity (Wildman–Crippen MR) is 109 cm³/mol. The van der Waals surface area contributed by atoms with Crippen molar-refractivity contribution in [2.24, 2.45) is 12.8 Å². The fourth-order valence-corrected chi connectivity index (χ4v) is 4.14. The summed E-state index contributed by atoms with van der Waals surface area (Å²) >= 11 is 0. The highest BCUT2D eigenvalue weighted by Crippen LogP contribution is 2.43. The third kappa shape index (κ3) is 3.04. The monoisotopic (exact) mass is 390 g/mol. The molecule has 1 aliphatic rings. The molecule has 0 saturated carbocycles. The molecule has 7 heteroatoms. The maximum atomic E-state index is 13.2. The zero-order valence-electron chi connectivity index (χ0n) is 16.3. The van der Waals surface area contributed by atoms with E-state index >= 15 is 0 Å². The lowest BCUT2D eigenvalue weighted by molar-refractivity contribution is -0.125. The van der Waals surface area contributed by atoms with E-state index in [2.05, 4.69) is 9.88 Å². The fourth-order valence-electron chi connectivity index (χ4n) is 4.14. The lowest BCUT2D eigenvalue weighted by atomic mass is 9.95. The second-order valence-corrected chi connectivity index (χ2v) is 7.24. The number of aromatic nitrogens is 1. The molecule has 1 aromatic heterocycles. The van der Waals surface area contributed by atoms with Gasteiger partial charge < -0.3 is 20.5 Å². The molecule has 148 valence electrons. The highest BCUT2D eigenvalue weighted by Gasteiger charge is 2.40. The van der Waals surface area contributed by atoms with Crippen LogP contribution in [0.15, 0.2) is 48.5 Å². The van der Waals surface area contributed by atoms with E-state index < -0.39 is 11.8 Å². The van der Waals surface area contributed by atoms with Crippen LogP contribution in [-0.4, -0.2) is 40.3 Å². The number of amides is 3. The average Bonchev–Trinajstić information content (AvgIpc) is 3.12. The topological polar surface area (TPSA) is 97.4 Å². The van der Waals surface area contributed by atoms with Crippen LogP contribution in [0.2, 0.25) is 0 Å². The molecule has 3 aromatic rings. The maximum absolute atomic E-state index is 13.2. The first-order valence-electron chi connectivity index (χ1n) is 9.39. The molecule has 4 rings (SSSR count). The molecule has 7 nitrogen and oxygen atoms in total. The SMILES string of the molecule is Cc1c([C@H]2c3ccccc3C(=O)N2CC(=O)NCC(N)=O)c2ccccc2n1C. The van der Waals surface area contributed by atoms with Gasteiger partial charge in [0.15, 0.2) is 0 Å². The van der Waals surface area contributed by atoms with Crippen molar-refractivity contribution in [3.63, 3.8) is 0 Å². The number of nitrogens with one attached hydrogen (secondary N) is 1. The van der Waals surface area contributed by atoms with Gasteiger partial charge in [-0.3, -0.25) is 14.4 Å². The van der Waals surface area contributed by atoms with E-state index in [0.29, 0.717) is 5.56 Å². The Balaban J connectivity index is 1.83. The first-order valence-corrected chi connectivity index (χ1v) is 9.39. The summed E-state index contributed by atoms with van der Waals surface area (Å²) in [6, 6.07) is 15.1. The van der Waals surface area contributed by atoms with Crippen LogP contribution in [0.4, 0.5) is 0 Å². The largest absolute Gasteiger partial charge is 0.368 e. The van der Waals surface area contributed by atoms with Crippen LogP contribution >= 0.6 is 0 Å². The van der Waals surface area contributed by atoms with Gasteiger partial charge in [-0.1, -0.05) is 36.4 Å². The van der Waals surface area contributed by atoms with Gasteiger partial charge in [-0.05, 0) is 24.6 Å². The van der Waals surface area contributed by atoms with E-state index in [1.165, 1.54) is 0 Å². The quantitative estimate of drug-likeness (QED) is 0.693. The molecule has 29 heavy (non-hydrogen) atoms. The van der Waals surface area contributed by atoms with E-state index in [0.717, 1.165) is 27.7 Å². The zero-order valence-corrected chi connectivity index (χ0v) is 16.3. The van der Waals surface area contributed by atoms with Gasteiger partial charge >= 0.3 is 0 Å². The molecule has 3 N–H and O–H groups in total. The molecule has 0 aliphatic carbocycles. The summed E-state index contributed by atoms with van der Waals surface area (Å²) in [4.78, 5) is 38.1. The van der Waals surface area contributed by atoms with Crippen LogP contribution in [-0.2, 0) is 16.6 Å². The summed E-state index contributed by atoms with van der Waals surface area (Å²) in [5.74, 6) is -1.25. The van der Waals surface area contributed by atoms with Gasteiger partial charge in [0.2, 0.25) is 11.8 Å². The number of hydrogen-bond donors (Lipinski definition) is 2. The smallest absolute Gasteiger partial charge is 0.255 e. The number of benzene rings is 2. The summed E-state index contributed by atoms with van der Waals surface area (Å²) in [5, 5.41) is 3.52. The molecule has 1 atom stereocenters. The average molecular weight is 390 g/mol. The van der Waals surface area contributed by atoms with Crippen LogP contribution in [0.3, 0.4) is 0 Å². The Hall–Kier alpha value is -3.61. The number of para-hydroxylation sites is 1. The Kier molecular flexibility index (Phi) is 4.58. The van der Waals surface area contributed by atoms with Crippen LogP contribution in [0.5, 0.6) is 0 Å². The highest BCUT2D eigenvalue weighted by molar-refractivity contribution is 6.03. The second kappa shape index (κ2) is 7.09. The molecule has 0 saturated heterocycles. The van der Waals surface area contributed by atoms with Crippen LogP contribution in [0.1, 0.15) is 33.2 Å². The zero-order chi connectivity index (χ0) is 20.7. The van der Waals surface area contributed by atoms with Gasteiger partial charge in [-0.2, -0.15) is 0 Å². The Bertz CT molecular complexity index is 1150. The van der Waals surface area contributed by atoms with Crippen LogP contribution in [0.25, 0.3) is 10.9 Å². The molecule has 2 aromatic carbocycles. The molecular weight excluding hydrogens is 368 g/mol. The molecule has 0 unspecified atom stereocenters. The summed E-state index contributed by atoms with van der Waals surface area (Å²) in [7, 11) is 1.99. The Morgan fingerprint density at radius 3 is 2.55 bits per heavy atom. The first kappa shape index (κ1) is 18.7. The van der Waals surface area contributed by atoms with Gasteiger partial charge in [0.05, 0.1) is 12.6 Å². The molecule has 1 aliphatic heterocycles. The summed E-state index contributed by atoms with van der Waals surface area (Å²) in [6.07, 6.45) is 0. The molecule has 0 spiro atoms. The standard InChI is InChI=1S/C22H22N4O3/c1-13-20(16-9-5-6-10-17(16)25(13)2)21-14-7-3-4-8-15(14)22(29)26(21)12-19(28)24-11-18(23)27/h3-10,21H,11-12H2,1-2H3,(H2,23,27)(H,24,28)/t21-/m1/s1. The third-order valence-electron chi connectivity index (χ3n) is 5.55. The molecule has 0 fully saturated rings. The van der Waals surface area contributed by atoms with E-state index in [-0.39, 0.29) is 25.0 Å². The van der Waals surface area contributed by atoms with Crippen LogP contribution < -0.4 is 11.1 Å². The van der Waals surface area contributed by atoms with Crippen molar-refractivity contribution >= 4 is 28.6 Å². The number of nitrogens with zero attached hydrogens (tertiary/aromatic N) is 2. The fraction of sp³-hybridized carbons (Fsp3) is 0.227. The molecule has 2 heterocycles. The lowest BCUT2D eigenvalue weighted by Crippen LogP contribution is -2.42. The Labute approximate surface area is 168 Å². The number of aryl methyl sites for hydroxylation is 1. The van der Waals surface area contributed by atoms with Gasteiger partial charge in [-0.15, -0.1) is 0 Å². The molecule has 3 amide bonds. The van der Waals surface area contributed by atoms with Gasteiger partial charge in [0, 0.05) is 34.8 Å². The van der Waals surface area contributed by atoms with E-state index in [1.54, 1.807) is 11.0 Å². The van der Waals surface area contributed by atoms with Crippen molar-refractivity contribution in [2.45, 2.75) is 13.0 Å². The van der Waals surface area contributed by atoms with Crippen LogP contribution in [0, 0.1) is 6.92 Å². The van der Waals surface area contributed by atoms with Crippen molar-refractivity contribution < 1.29 is 14.4 Å². The molecular formula is C22H22N4O3.